The summed E-state index contributed by atoms with van der Waals surface area (Å²) in [5.41, 5.74) is -0.182. The van der Waals surface area contributed by atoms with Crippen LogP contribution >= 0.6 is 11.8 Å². The molecule has 0 aromatic carbocycles. The predicted molar refractivity (Wildman–Crippen MR) is 61.6 cm³/mol. The number of rotatable bonds is 4. The molecule has 2 N–H and O–H groups in total. The maximum Gasteiger partial charge on any atom is 0.227 e. The van der Waals surface area contributed by atoms with Crippen LogP contribution in [-0.4, -0.2) is 37.0 Å². The van der Waals surface area contributed by atoms with Crippen LogP contribution in [0.1, 0.15) is 20.3 Å². The zero-order chi connectivity index (χ0) is 10.6. The standard InChI is InChI=1S/C10H20N2OS/c1-8(14-3)6-12-9(13)10(2)4-5-11-7-10/h8,11H,4-7H2,1-3H3,(H,12,13). The number of hydrogen-bond donors (Lipinski definition) is 2. The van der Waals surface area contributed by atoms with Crippen LogP contribution in [0.4, 0.5) is 0 Å². The second-order valence-electron chi connectivity index (χ2n) is 4.24. The van der Waals surface area contributed by atoms with Gasteiger partial charge in [-0.25, -0.2) is 0 Å². The van der Waals surface area contributed by atoms with Gasteiger partial charge in [0.15, 0.2) is 0 Å². The van der Waals surface area contributed by atoms with Gasteiger partial charge in [-0.1, -0.05) is 6.92 Å². The van der Waals surface area contributed by atoms with Crippen LogP contribution in [-0.2, 0) is 4.79 Å². The fourth-order valence-electron chi connectivity index (χ4n) is 1.54. The molecule has 0 aromatic rings. The maximum atomic E-state index is 11.8. The Balaban J connectivity index is 2.34. The number of carbonyl (C=O) groups excluding carboxylic acids is 1. The van der Waals surface area contributed by atoms with Crippen molar-refractivity contribution in [1.82, 2.24) is 10.6 Å². The van der Waals surface area contributed by atoms with E-state index in [4.69, 9.17) is 0 Å². The molecule has 0 bridgehead atoms. The van der Waals surface area contributed by atoms with Crippen molar-refractivity contribution >= 4 is 17.7 Å². The van der Waals surface area contributed by atoms with Crippen molar-refractivity contribution in [3.05, 3.63) is 0 Å². The Morgan fingerprint density at radius 3 is 2.93 bits per heavy atom. The Morgan fingerprint density at radius 1 is 1.71 bits per heavy atom. The lowest BCUT2D eigenvalue weighted by Gasteiger charge is -2.22. The van der Waals surface area contributed by atoms with Gasteiger partial charge in [0.2, 0.25) is 5.91 Å². The molecule has 1 aliphatic rings. The van der Waals surface area contributed by atoms with Crippen molar-refractivity contribution in [2.75, 3.05) is 25.9 Å². The van der Waals surface area contributed by atoms with E-state index in [2.05, 4.69) is 23.8 Å². The van der Waals surface area contributed by atoms with E-state index in [0.717, 1.165) is 26.1 Å². The summed E-state index contributed by atoms with van der Waals surface area (Å²) in [5.74, 6) is 0.198. The van der Waals surface area contributed by atoms with E-state index in [0.29, 0.717) is 5.25 Å². The fraction of sp³-hybridized carbons (Fsp3) is 0.900. The van der Waals surface area contributed by atoms with E-state index >= 15 is 0 Å². The molecule has 0 spiro atoms. The minimum absolute atomic E-state index is 0.182. The number of amides is 1. The Hall–Kier alpha value is -0.220. The number of carbonyl (C=O) groups is 1. The van der Waals surface area contributed by atoms with Gasteiger partial charge >= 0.3 is 0 Å². The molecule has 14 heavy (non-hydrogen) atoms. The third-order valence-corrected chi connectivity index (χ3v) is 3.84. The SMILES string of the molecule is CSC(C)CNC(=O)C1(C)CCNC1. The molecular formula is C10H20N2OS. The van der Waals surface area contributed by atoms with Crippen molar-refractivity contribution in [3.63, 3.8) is 0 Å². The molecule has 1 rings (SSSR count). The van der Waals surface area contributed by atoms with Gasteiger partial charge in [0.1, 0.15) is 0 Å². The molecule has 1 amide bonds. The van der Waals surface area contributed by atoms with Crippen molar-refractivity contribution in [2.45, 2.75) is 25.5 Å². The summed E-state index contributed by atoms with van der Waals surface area (Å²) in [6.07, 6.45) is 3.02. The third-order valence-electron chi connectivity index (χ3n) is 2.87. The molecule has 0 aromatic heterocycles. The zero-order valence-electron chi connectivity index (χ0n) is 9.22. The van der Waals surface area contributed by atoms with Crippen molar-refractivity contribution < 1.29 is 4.79 Å². The molecular weight excluding hydrogens is 196 g/mol. The van der Waals surface area contributed by atoms with Gasteiger partial charge in [-0.2, -0.15) is 11.8 Å². The summed E-state index contributed by atoms with van der Waals surface area (Å²) < 4.78 is 0. The largest absolute Gasteiger partial charge is 0.354 e. The van der Waals surface area contributed by atoms with Gasteiger partial charge in [-0.05, 0) is 26.1 Å². The maximum absolute atomic E-state index is 11.8. The highest BCUT2D eigenvalue weighted by atomic mass is 32.2. The predicted octanol–water partition coefficient (Wildman–Crippen LogP) is 0.854. The first-order valence-corrected chi connectivity index (χ1v) is 6.39. The molecule has 2 atom stereocenters. The minimum Gasteiger partial charge on any atom is -0.354 e. The van der Waals surface area contributed by atoms with Crippen LogP contribution in [0.25, 0.3) is 0 Å². The van der Waals surface area contributed by atoms with Gasteiger partial charge in [0.25, 0.3) is 0 Å². The van der Waals surface area contributed by atoms with E-state index in [1.807, 2.05) is 6.92 Å². The molecule has 3 nitrogen and oxygen atoms in total. The summed E-state index contributed by atoms with van der Waals surface area (Å²) in [7, 11) is 0. The van der Waals surface area contributed by atoms with E-state index in [1.165, 1.54) is 0 Å². The van der Waals surface area contributed by atoms with Gasteiger partial charge in [0, 0.05) is 18.3 Å². The summed E-state index contributed by atoms with van der Waals surface area (Å²) in [6, 6.07) is 0. The first kappa shape index (κ1) is 11.9. The van der Waals surface area contributed by atoms with Gasteiger partial charge in [-0.3, -0.25) is 4.79 Å². The lowest BCUT2D eigenvalue weighted by molar-refractivity contribution is -0.129. The molecule has 1 fully saturated rings. The van der Waals surface area contributed by atoms with E-state index < -0.39 is 0 Å². The Labute approximate surface area is 90.4 Å². The van der Waals surface area contributed by atoms with Crippen molar-refractivity contribution in [3.8, 4) is 0 Å². The number of hydrogen-bond acceptors (Lipinski definition) is 3. The summed E-state index contributed by atoms with van der Waals surface area (Å²) in [6.45, 7) is 6.70. The molecule has 4 heteroatoms. The van der Waals surface area contributed by atoms with E-state index in [-0.39, 0.29) is 11.3 Å². The van der Waals surface area contributed by atoms with Gasteiger partial charge in [-0.15, -0.1) is 0 Å². The molecule has 0 saturated carbocycles. The van der Waals surface area contributed by atoms with E-state index in [1.54, 1.807) is 11.8 Å². The second kappa shape index (κ2) is 5.03. The summed E-state index contributed by atoms with van der Waals surface area (Å²) in [4.78, 5) is 11.8. The average Bonchev–Trinajstić information content (AvgIpc) is 2.62. The lowest BCUT2D eigenvalue weighted by atomic mass is 9.89. The highest BCUT2D eigenvalue weighted by Gasteiger charge is 2.35. The Bertz CT molecular complexity index is 202. The van der Waals surface area contributed by atoms with Crippen LogP contribution in [0.2, 0.25) is 0 Å². The Kier molecular flexibility index (Phi) is 4.26. The first-order valence-electron chi connectivity index (χ1n) is 5.10. The monoisotopic (exact) mass is 216 g/mol. The quantitative estimate of drug-likeness (QED) is 0.732. The van der Waals surface area contributed by atoms with Crippen LogP contribution < -0.4 is 10.6 Å². The Morgan fingerprint density at radius 2 is 2.43 bits per heavy atom. The topological polar surface area (TPSA) is 41.1 Å². The molecule has 0 radical (unpaired) electrons. The second-order valence-corrected chi connectivity index (χ2v) is 5.52. The zero-order valence-corrected chi connectivity index (χ0v) is 10.0. The molecule has 2 unspecified atom stereocenters. The summed E-state index contributed by atoms with van der Waals surface area (Å²) >= 11 is 1.78. The molecule has 82 valence electrons. The fourth-order valence-corrected chi connectivity index (χ4v) is 1.79. The molecule has 0 aliphatic carbocycles. The highest BCUT2D eigenvalue weighted by molar-refractivity contribution is 7.99. The van der Waals surface area contributed by atoms with Crippen LogP contribution in [0.5, 0.6) is 0 Å². The smallest absolute Gasteiger partial charge is 0.227 e. The third kappa shape index (κ3) is 2.89. The van der Waals surface area contributed by atoms with Gasteiger partial charge in [0.05, 0.1) is 5.41 Å². The average molecular weight is 216 g/mol. The van der Waals surface area contributed by atoms with Gasteiger partial charge < -0.3 is 10.6 Å². The molecule has 1 aliphatic heterocycles. The van der Waals surface area contributed by atoms with E-state index in [9.17, 15) is 4.79 Å². The number of nitrogens with one attached hydrogen (secondary N) is 2. The molecule has 1 heterocycles. The van der Waals surface area contributed by atoms with Crippen LogP contribution in [0.15, 0.2) is 0 Å². The van der Waals surface area contributed by atoms with Crippen molar-refractivity contribution in [2.24, 2.45) is 5.41 Å². The summed E-state index contributed by atoms with van der Waals surface area (Å²) in [5, 5.41) is 6.74. The lowest BCUT2D eigenvalue weighted by Crippen LogP contribution is -2.42. The normalized spacial score (nSPS) is 28.8. The minimum atomic E-state index is -0.182. The van der Waals surface area contributed by atoms with Crippen molar-refractivity contribution in [1.29, 1.82) is 0 Å². The number of thioether (sulfide) groups is 1. The molecule has 1 saturated heterocycles. The first-order chi connectivity index (χ1) is 6.58. The van der Waals surface area contributed by atoms with Crippen LogP contribution in [0, 0.1) is 5.41 Å². The van der Waals surface area contributed by atoms with Crippen LogP contribution in [0.3, 0.4) is 0 Å². The highest BCUT2D eigenvalue weighted by Crippen LogP contribution is 2.24.